The van der Waals surface area contributed by atoms with E-state index in [2.05, 4.69) is 20.7 Å². The van der Waals surface area contributed by atoms with Gasteiger partial charge in [0, 0.05) is 38.0 Å². The lowest BCUT2D eigenvalue weighted by molar-refractivity contribution is 0.252. The van der Waals surface area contributed by atoms with Gasteiger partial charge < -0.3 is 10.2 Å². The van der Waals surface area contributed by atoms with Gasteiger partial charge in [0.1, 0.15) is 17.3 Å². The maximum Gasteiger partial charge on any atom is 0.320 e. The van der Waals surface area contributed by atoms with Crippen LogP contribution in [0.3, 0.4) is 0 Å². The Labute approximate surface area is 185 Å². The maximum atomic E-state index is 14.0. The molecule has 0 aliphatic heterocycles. The molecule has 3 heterocycles. The third-order valence-corrected chi connectivity index (χ3v) is 5.02. The van der Waals surface area contributed by atoms with E-state index in [1.807, 2.05) is 38.1 Å². The van der Waals surface area contributed by atoms with Crippen LogP contribution in [0.4, 0.5) is 20.7 Å². The van der Waals surface area contributed by atoms with Crippen molar-refractivity contribution in [2.45, 2.75) is 13.8 Å². The Balaban J connectivity index is 1.94. The molecule has 4 aromatic rings. The van der Waals surface area contributed by atoms with E-state index < -0.39 is 0 Å². The number of hydrogen-bond acceptors (Lipinski definition) is 5. The molecule has 0 spiro atoms. The molecule has 4 rings (SSSR count). The molecule has 1 aromatic carbocycles. The van der Waals surface area contributed by atoms with Crippen LogP contribution in [0.5, 0.6) is 0 Å². The highest BCUT2D eigenvalue weighted by Gasteiger charge is 2.21. The molecule has 9 heteroatoms. The van der Waals surface area contributed by atoms with Gasteiger partial charge in [0.15, 0.2) is 5.65 Å². The van der Waals surface area contributed by atoms with Crippen LogP contribution in [0.1, 0.15) is 12.5 Å². The minimum absolute atomic E-state index is 0.275. The molecular formula is C23H24FN7O. The molecular weight excluding hydrogens is 409 g/mol. The Bertz CT molecular complexity index is 1300. The highest BCUT2D eigenvalue weighted by molar-refractivity contribution is 5.90. The van der Waals surface area contributed by atoms with Crippen molar-refractivity contribution in [2.75, 3.05) is 30.9 Å². The summed E-state index contributed by atoms with van der Waals surface area (Å²) in [5.74, 6) is 0.122. The first-order valence-electron chi connectivity index (χ1n) is 10.2. The summed E-state index contributed by atoms with van der Waals surface area (Å²) in [5, 5.41) is 9.96. The first kappa shape index (κ1) is 21.2. The Morgan fingerprint density at radius 2 is 1.94 bits per heavy atom. The van der Waals surface area contributed by atoms with Gasteiger partial charge in [-0.1, -0.05) is 0 Å². The number of nitrogens with one attached hydrogen (secondary N) is 2. The van der Waals surface area contributed by atoms with Crippen molar-refractivity contribution >= 4 is 23.2 Å². The van der Waals surface area contributed by atoms with Crippen LogP contribution >= 0.6 is 0 Å². The van der Waals surface area contributed by atoms with Crippen LogP contribution in [0.2, 0.25) is 0 Å². The first-order chi connectivity index (χ1) is 15.4. The molecule has 0 bridgehead atoms. The van der Waals surface area contributed by atoms with Crippen molar-refractivity contribution in [3.05, 3.63) is 60.2 Å². The minimum atomic E-state index is -0.335. The zero-order valence-corrected chi connectivity index (χ0v) is 18.3. The van der Waals surface area contributed by atoms with Gasteiger partial charge in [-0.3, -0.25) is 5.32 Å². The average molecular weight is 433 g/mol. The van der Waals surface area contributed by atoms with Crippen LogP contribution < -0.4 is 15.5 Å². The number of hydrogen-bond donors (Lipinski definition) is 2. The molecule has 0 fully saturated rings. The molecule has 0 saturated carbocycles. The number of amides is 2. The fraction of sp³-hybridized carbons (Fsp3) is 0.217. The van der Waals surface area contributed by atoms with E-state index in [1.54, 1.807) is 42.0 Å². The SMILES string of the molecule is CCNC(=O)Nc1cc(-c2c(-c3ccc(F)c(C)c3)nc3c(N(C)C)ccnn23)ccn1. The van der Waals surface area contributed by atoms with Gasteiger partial charge in [-0.15, -0.1) is 0 Å². The number of aromatic nitrogens is 4. The second kappa shape index (κ2) is 8.62. The molecule has 0 aliphatic rings. The average Bonchev–Trinajstić information content (AvgIpc) is 3.15. The number of benzene rings is 1. The summed E-state index contributed by atoms with van der Waals surface area (Å²) in [6.45, 7) is 4.06. The zero-order valence-electron chi connectivity index (χ0n) is 18.3. The molecule has 2 N–H and O–H groups in total. The monoisotopic (exact) mass is 433 g/mol. The van der Waals surface area contributed by atoms with E-state index in [0.29, 0.717) is 29.3 Å². The molecule has 0 unspecified atom stereocenters. The van der Waals surface area contributed by atoms with Crippen LogP contribution in [0, 0.1) is 12.7 Å². The Kier molecular flexibility index (Phi) is 5.72. The molecule has 2 amide bonds. The van der Waals surface area contributed by atoms with Crippen molar-refractivity contribution in [3.63, 3.8) is 0 Å². The number of carbonyl (C=O) groups excluding carboxylic acids is 1. The predicted octanol–water partition coefficient (Wildman–Crippen LogP) is 4.11. The summed E-state index contributed by atoms with van der Waals surface area (Å²) in [6.07, 6.45) is 3.33. The molecule has 3 aromatic heterocycles. The summed E-state index contributed by atoms with van der Waals surface area (Å²) in [6, 6.07) is 10.1. The van der Waals surface area contributed by atoms with Crippen LogP contribution in [0.15, 0.2) is 48.8 Å². The molecule has 0 radical (unpaired) electrons. The first-order valence-corrected chi connectivity index (χ1v) is 10.2. The second-order valence-electron chi connectivity index (χ2n) is 7.53. The van der Waals surface area contributed by atoms with E-state index in [1.165, 1.54) is 6.07 Å². The van der Waals surface area contributed by atoms with Gasteiger partial charge in [-0.2, -0.15) is 5.10 Å². The number of rotatable bonds is 5. The van der Waals surface area contributed by atoms with Gasteiger partial charge in [0.25, 0.3) is 0 Å². The third-order valence-electron chi connectivity index (χ3n) is 5.02. The van der Waals surface area contributed by atoms with E-state index in [4.69, 9.17) is 4.98 Å². The quantitative estimate of drug-likeness (QED) is 0.495. The molecule has 164 valence electrons. The maximum absolute atomic E-state index is 14.0. The van der Waals surface area contributed by atoms with Crippen molar-refractivity contribution in [1.82, 2.24) is 24.9 Å². The van der Waals surface area contributed by atoms with Crippen molar-refractivity contribution in [2.24, 2.45) is 0 Å². The fourth-order valence-electron chi connectivity index (χ4n) is 3.50. The number of nitrogens with zero attached hydrogens (tertiary/aromatic N) is 5. The number of pyridine rings is 1. The topological polar surface area (TPSA) is 87.5 Å². The summed E-state index contributed by atoms with van der Waals surface area (Å²) < 4.78 is 15.7. The number of halogens is 1. The molecule has 8 nitrogen and oxygen atoms in total. The van der Waals surface area contributed by atoms with E-state index in [-0.39, 0.29) is 11.8 Å². The van der Waals surface area contributed by atoms with Crippen molar-refractivity contribution < 1.29 is 9.18 Å². The normalized spacial score (nSPS) is 10.9. The minimum Gasteiger partial charge on any atom is -0.375 e. The Morgan fingerprint density at radius 1 is 1.12 bits per heavy atom. The summed E-state index contributed by atoms with van der Waals surface area (Å²) in [5.41, 5.74) is 4.99. The van der Waals surface area contributed by atoms with Gasteiger partial charge >= 0.3 is 6.03 Å². The molecule has 0 saturated heterocycles. The van der Waals surface area contributed by atoms with Gasteiger partial charge in [0.2, 0.25) is 0 Å². The zero-order chi connectivity index (χ0) is 22.8. The highest BCUT2D eigenvalue weighted by atomic mass is 19.1. The van der Waals surface area contributed by atoms with Crippen molar-refractivity contribution in [3.8, 4) is 22.5 Å². The second-order valence-corrected chi connectivity index (χ2v) is 7.53. The van der Waals surface area contributed by atoms with Gasteiger partial charge in [-0.25, -0.2) is 23.7 Å². The predicted molar refractivity (Wildman–Crippen MR) is 123 cm³/mol. The lowest BCUT2D eigenvalue weighted by atomic mass is 10.0. The summed E-state index contributed by atoms with van der Waals surface area (Å²) in [4.78, 5) is 23.1. The Hall–Kier alpha value is -4.01. The molecule has 32 heavy (non-hydrogen) atoms. The fourth-order valence-corrected chi connectivity index (χ4v) is 3.50. The number of urea groups is 1. The smallest absolute Gasteiger partial charge is 0.320 e. The van der Waals surface area contributed by atoms with Crippen LogP contribution in [-0.4, -0.2) is 46.3 Å². The Morgan fingerprint density at radius 3 is 2.66 bits per heavy atom. The van der Waals surface area contributed by atoms with Crippen LogP contribution in [0.25, 0.3) is 28.2 Å². The highest BCUT2D eigenvalue weighted by Crippen LogP contribution is 2.35. The number of imidazole rings is 1. The summed E-state index contributed by atoms with van der Waals surface area (Å²) >= 11 is 0. The van der Waals surface area contributed by atoms with Crippen molar-refractivity contribution in [1.29, 1.82) is 0 Å². The van der Waals surface area contributed by atoms with E-state index in [0.717, 1.165) is 22.5 Å². The lowest BCUT2D eigenvalue weighted by Gasteiger charge is -2.13. The number of aryl methyl sites for hydroxylation is 1. The van der Waals surface area contributed by atoms with E-state index in [9.17, 15) is 9.18 Å². The standard InChI is InChI=1S/C23H24FN7O/c1-5-25-23(32)28-19-13-16(8-10-26-19)21-20(15-6-7-17(24)14(2)12-15)29-22-18(30(3)4)9-11-27-31(21)22/h6-13H,5H2,1-4H3,(H2,25,26,28,32). The third kappa shape index (κ3) is 3.96. The number of carbonyl (C=O) groups is 1. The van der Waals surface area contributed by atoms with Gasteiger partial charge in [0.05, 0.1) is 17.6 Å². The lowest BCUT2D eigenvalue weighted by Crippen LogP contribution is -2.28. The largest absolute Gasteiger partial charge is 0.375 e. The molecule has 0 aliphatic carbocycles. The molecule has 0 atom stereocenters. The number of anilines is 2. The number of fused-ring (bicyclic) bond motifs is 1. The summed E-state index contributed by atoms with van der Waals surface area (Å²) in [7, 11) is 3.87. The van der Waals surface area contributed by atoms with Crippen LogP contribution in [-0.2, 0) is 0 Å². The van der Waals surface area contributed by atoms with Gasteiger partial charge in [-0.05, 0) is 55.8 Å². The van der Waals surface area contributed by atoms with E-state index >= 15 is 0 Å².